The summed E-state index contributed by atoms with van der Waals surface area (Å²) in [6.45, 7) is 1.59. The molecule has 1 fully saturated rings. The monoisotopic (exact) mass is 501 g/mol. The molecule has 2 aromatic carbocycles. The fourth-order valence-electron chi connectivity index (χ4n) is 3.55. The van der Waals surface area contributed by atoms with Gasteiger partial charge < -0.3 is 21.1 Å². The SMILES string of the molecule is CSCC[C@H](NC(=O)c1ccc(NC[C@@H]2NCC[C@@H]2S)cc1C#Cc1ccc(F)cc1)C(=O)O. The van der Waals surface area contributed by atoms with Crippen LogP contribution in [-0.4, -0.2) is 59.4 Å². The number of anilines is 1. The van der Waals surface area contributed by atoms with E-state index in [4.69, 9.17) is 0 Å². The standard InChI is InChI=1S/C25H28FN3O3S2/c1-34-13-11-21(25(31)32)29-24(30)20-9-8-19(28-15-22-23(33)10-12-27-22)14-17(20)5-2-16-3-6-18(26)7-4-16/h3-4,6-9,14,21-23,27-28,33H,10-13,15H2,1H3,(H,29,30)(H,31,32)/t21-,22-,23-/m0/s1. The van der Waals surface area contributed by atoms with Gasteiger partial charge >= 0.3 is 5.97 Å². The maximum absolute atomic E-state index is 13.2. The number of hydrogen-bond acceptors (Lipinski definition) is 6. The number of carboxylic acids is 1. The van der Waals surface area contributed by atoms with Crippen molar-refractivity contribution >= 4 is 42.0 Å². The van der Waals surface area contributed by atoms with E-state index in [9.17, 15) is 19.1 Å². The summed E-state index contributed by atoms with van der Waals surface area (Å²) in [5, 5.41) is 19.1. The van der Waals surface area contributed by atoms with Gasteiger partial charge in [-0.2, -0.15) is 24.4 Å². The third-order valence-corrected chi connectivity index (χ3v) is 6.76. The molecule has 3 atom stereocenters. The van der Waals surface area contributed by atoms with Crippen LogP contribution in [-0.2, 0) is 4.79 Å². The molecule has 1 aliphatic rings. The average Bonchev–Trinajstić information content (AvgIpc) is 3.24. The number of carbonyl (C=O) groups is 2. The van der Waals surface area contributed by atoms with Gasteiger partial charge in [-0.25, -0.2) is 9.18 Å². The molecule has 0 saturated carbocycles. The molecule has 1 aliphatic heterocycles. The Balaban J connectivity index is 1.85. The second kappa shape index (κ2) is 12.7. The first-order chi connectivity index (χ1) is 16.4. The van der Waals surface area contributed by atoms with Crippen LogP contribution in [0, 0.1) is 17.7 Å². The van der Waals surface area contributed by atoms with Gasteiger partial charge in [-0.05, 0) is 73.9 Å². The first kappa shape index (κ1) is 25.9. The van der Waals surface area contributed by atoms with Crippen molar-refractivity contribution in [1.82, 2.24) is 10.6 Å². The third-order valence-electron chi connectivity index (χ3n) is 5.50. The lowest BCUT2D eigenvalue weighted by molar-refractivity contribution is -0.139. The predicted molar refractivity (Wildman–Crippen MR) is 138 cm³/mol. The van der Waals surface area contributed by atoms with E-state index in [1.54, 1.807) is 30.3 Å². The highest BCUT2D eigenvalue weighted by Gasteiger charge is 2.24. The molecule has 4 N–H and O–H groups in total. The predicted octanol–water partition coefficient (Wildman–Crippen LogP) is 3.23. The van der Waals surface area contributed by atoms with Crippen molar-refractivity contribution in [2.75, 3.05) is 30.4 Å². The van der Waals surface area contributed by atoms with E-state index in [2.05, 4.69) is 40.4 Å². The quantitative estimate of drug-likeness (QED) is 0.268. The number of aliphatic carboxylic acids is 1. The Labute approximate surface area is 208 Å². The lowest BCUT2D eigenvalue weighted by atomic mass is 10.0. The van der Waals surface area contributed by atoms with Crippen molar-refractivity contribution in [1.29, 1.82) is 0 Å². The molecule has 1 saturated heterocycles. The number of halogens is 1. The third kappa shape index (κ3) is 7.42. The van der Waals surface area contributed by atoms with Gasteiger partial charge in [0.2, 0.25) is 0 Å². The van der Waals surface area contributed by atoms with E-state index in [0.29, 0.717) is 29.8 Å². The van der Waals surface area contributed by atoms with Crippen molar-refractivity contribution in [2.24, 2.45) is 0 Å². The van der Waals surface area contributed by atoms with Gasteiger partial charge in [-0.1, -0.05) is 11.8 Å². The average molecular weight is 502 g/mol. The van der Waals surface area contributed by atoms with Crippen LogP contribution in [0.1, 0.15) is 34.3 Å². The number of rotatable bonds is 9. The smallest absolute Gasteiger partial charge is 0.326 e. The molecular weight excluding hydrogens is 473 g/mol. The zero-order chi connectivity index (χ0) is 24.5. The van der Waals surface area contributed by atoms with E-state index >= 15 is 0 Å². The molecule has 34 heavy (non-hydrogen) atoms. The Kier molecular flexibility index (Phi) is 9.69. The molecule has 6 nitrogen and oxygen atoms in total. The minimum atomic E-state index is -1.08. The molecule has 0 spiro atoms. The minimum Gasteiger partial charge on any atom is -0.480 e. The molecule has 0 radical (unpaired) electrons. The second-order valence-corrected chi connectivity index (χ2v) is 9.61. The number of amides is 1. The number of carbonyl (C=O) groups excluding carboxylic acids is 1. The maximum atomic E-state index is 13.2. The van der Waals surface area contributed by atoms with Crippen LogP contribution in [0.4, 0.5) is 10.1 Å². The van der Waals surface area contributed by atoms with E-state index in [1.165, 1.54) is 23.9 Å². The molecule has 9 heteroatoms. The molecule has 0 aliphatic carbocycles. The van der Waals surface area contributed by atoms with Gasteiger partial charge in [0.25, 0.3) is 5.91 Å². The summed E-state index contributed by atoms with van der Waals surface area (Å²) in [6, 6.07) is 10.2. The van der Waals surface area contributed by atoms with Crippen LogP contribution in [0.2, 0.25) is 0 Å². The molecule has 3 rings (SSSR count). The Morgan fingerprint density at radius 3 is 2.68 bits per heavy atom. The topological polar surface area (TPSA) is 90.5 Å². The van der Waals surface area contributed by atoms with Gasteiger partial charge in [0.15, 0.2) is 0 Å². The van der Waals surface area contributed by atoms with Crippen LogP contribution in [0.15, 0.2) is 42.5 Å². The van der Waals surface area contributed by atoms with Gasteiger partial charge in [-0.15, -0.1) is 0 Å². The van der Waals surface area contributed by atoms with Gasteiger partial charge in [-0.3, -0.25) is 4.79 Å². The molecule has 0 unspecified atom stereocenters. The van der Waals surface area contributed by atoms with Crippen LogP contribution in [0.5, 0.6) is 0 Å². The highest BCUT2D eigenvalue weighted by Crippen LogP contribution is 2.19. The summed E-state index contributed by atoms with van der Waals surface area (Å²) in [4.78, 5) is 24.6. The Hall–Kier alpha value is -2.67. The summed E-state index contributed by atoms with van der Waals surface area (Å²) < 4.78 is 13.2. The fourth-order valence-corrected chi connectivity index (χ4v) is 4.36. The lowest BCUT2D eigenvalue weighted by Gasteiger charge is -2.18. The Morgan fingerprint density at radius 2 is 2.03 bits per heavy atom. The summed E-state index contributed by atoms with van der Waals surface area (Å²) >= 11 is 6.11. The number of thiol groups is 1. The molecule has 0 aromatic heterocycles. The Bertz CT molecular complexity index is 1070. The van der Waals surface area contributed by atoms with Crippen molar-refractivity contribution in [3.63, 3.8) is 0 Å². The van der Waals surface area contributed by atoms with Crippen molar-refractivity contribution in [3.8, 4) is 11.8 Å². The summed E-state index contributed by atoms with van der Waals surface area (Å²) in [5.74, 6) is 4.62. The summed E-state index contributed by atoms with van der Waals surface area (Å²) in [5.41, 5.74) is 2.11. The Morgan fingerprint density at radius 1 is 1.26 bits per heavy atom. The van der Waals surface area contributed by atoms with Gasteiger partial charge in [0.1, 0.15) is 11.9 Å². The van der Waals surface area contributed by atoms with Crippen molar-refractivity contribution < 1.29 is 19.1 Å². The zero-order valence-corrected chi connectivity index (χ0v) is 20.5. The van der Waals surface area contributed by atoms with E-state index < -0.39 is 17.9 Å². The second-order valence-electron chi connectivity index (χ2n) is 7.96. The van der Waals surface area contributed by atoms with E-state index in [1.807, 2.05) is 6.26 Å². The first-order valence-corrected chi connectivity index (χ1v) is 12.9. The lowest BCUT2D eigenvalue weighted by Crippen LogP contribution is -2.41. The molecular formula is C25H28FN3O3S2. The van der Waals surface area contributed by atoms with Crippen LogP contribution in [0.3, 0.4) is 0 Å². The van der Waals surface area contributed by atoms with Crippen LogP contribution >= 0.6 is 24.4 Å². The number of benzene rings is 2. The van der Waals surface area contributed by atoms with E-state index in [0.717, 1.165) is 18.7 Å². The van der Waals surface area contributed by atoms with Crippen LogP contribution < -0.4 is 16.0 Å². The fraction of sp³-hybridized carbons (Fsp3) is 0.360. The number of thioether (sulfide) groups is 1. The first-order valence-electron chi connectivity index (χ1n) is 11.0. The summed E-state index contributed by atoms with van der Waals surface area (Å²) in [6.07, 6.45) is 3.20. The molecule has 180 valence electrons. The largest absolute Gasteiger partial charge is 0.480 e. The van der Waals surface area contributed by atoms with E-state index in [-0.39, 0.29) is 22.7 Å². The molecule has 1 amide bonds. The maximum Gasteiger partial charge on any atom is 0.326 e. The normalized spacial score (nSPS) is 18.0. The molecule has 1 heterocycles. The van der Waals surface area contributed by atoms with Crippen molar-refractivity contribution in [3.05, 3.63) is 65.0 Å². The number of nitrogens with one attached hydrogen (secondary N) is 3. The molecule has 0 bridgehead atoms. The van der Waals surface area contributed by atoms with Crippen LogP contribution in [0.25, 0.3) is 0 Å². The minimum absolute atomic E-state index is 0.229. The van der Waals surface area contributed by atoms with Gasteiger partial charge in [0, 0.05) is 34.7 Å². The highest BCUT2D eigenvalue weighted by molar-refractivity contribution is 7.98. The number of carboxylic acid groups (broad SMARTS) is 1. The molecule has 2 aromatic rings. The van der Waals surface area contributed by atoms with Gasteiger partial charge in [0.05, 0.1) is 5.56 Å². The summed E-state index contributed by atoms with van der Waals surface area (Å²) in [7, 11) is 0. The zero-order valence-electron chi connectivity index (χ0n) is 18.8. The number of hydrogen-bond donors (Lipinski definition) is 5. The van der Waals surface area contributed by atoms with Crippen molar-refractivity contribution in [2.45, 2.75) is 30.2 Å². The highest BCUT2D eigenvalue weighted by atomic mass is 32.2.